The van der Waals surface area contributed by atoms with Crippen LogP contribution >= 0.6 is 0 Å². The van der Waals surface area contributed by atoms with Gasteiger partial charge in [0.15, 0.2) is 0 Å². The minimum Gasteiger partial charge on any atom is -0.316 e. The van der Waals surface area contributed by atoms with E-state index in [-0.39, 0.29) is 11.7 Å². The molecule has 0 fully saturated rings. The third-order valence-electron chi connectivity index (χ3n) is 5.32. The van der Waals surface area contributed by atoms with Crippen LogP contribution in [0.3, 0.4) is 0 Å². The molecule has 3 rings (SSSR count). The molecule has 1 amide bonds. The van der Waals surface area contributed by atoms with Crippen molar-refractivity contribution in [2.24, 2.45) is 0 Å². The van der Waals surface area contributed by atoms with E-state index in [9.17, 15) is 13.4 Å². The smallest absolute Gasteiger partial charge is 0.226 e. The number of nitrogens with one attached hydrogen (secondary N) is 1. The second-order valence-corrected chi connectivity index (χ2v) is 9.62. The number of amides is 1. The number of hydrogen-bond acceptors (Lipinski definition) is 4. The van der Waals surface area contributed by atoms with Crippen LogP contribution in [0.15, 0.2) is 65.6 Å². The Morgan fingerprint density at radius 3 is 2.16 bits per heavy atom. The SMILES string of the molecule is CCC(=O)N(C)c1ccc(-c2ccc(S(=N)(=O)CCc3ccc(F)nc3C)cc2)cc1. The Hall–Kier alpha value is -3.06. The van der Waals surface area contributed by atoms with Gasteiger partial charge in [0.05, 0.1) is 9.73 Å². The molecule has 5 nitrogen and oxygen atoms in total. The van der Waals surface area contributed by atoms with Crippen molar-refractivity contribution in [2.45, 2.75) is 31.6 Å². The molecule has 1 N–H and O–H groups in total. The number of aromatic nitrogens is 1. The van der Waals surface area contributed by atoms with Gasteiger partial charge in [-0.3, -0.25) is 4.79 Å². The van der Waals surface area contributed by atoms with Gasteiger partial charge in [0.25, 0.3) is 0 Å². The van der Waals surface area contributed by atoms with E-state index in [4.69, 9.17) is 4.78 Å². The quantitative estimate of drug-likeness (QED) is 0.513. The zero-order chi connectivity index (χ0) is 22.6. The Bertz CT molecular complexity index is 1170. The van der Waals surface area contributed by atoms with Crippen molar-refractivity contribution in [3.8, 4) is 11.1 Å². The molecule has 162 valence electrons. The van der Waals surface area contributed by atoms with Gasteiger partial charge in [0.1, 0.15) is 0 Å². The number of rotatable bonds is 7. The lowest BCUT2D eigenvalue weighted by molar-refractivity contribution is -0.118. The van der Waals surface area contributed by atoms with E-state index in [0.717, 1.165) is 22.4 Å². The molecule has 3 aromatic rings. The van der Waals surface area contributed by atoms with Gasteiger partial charge in [0, 0.05) is 35.5 Å². The van der Waals surface area contributed by atoms with E-state index in [2.05, 4.69) is 4.98 Å². The highest BCUT2D eigenvalue weighted by molar-refractivity contribution is 7.92. The normalized spacial score (nSPS) is 12.9. The maximum Gasteiger partial charge on any atom is 0.226 e. The fraction of sp³-hybridized carbons (Fsp3) is 0.250. The Balaban J connectivity index is 1.72. The van der Waals surface area contributed by atoms with Gasteiger partial charge in [-0.05, 0) is 60.4 Å². The van der Waals surface area contributed by atoms with Gasteiger partial charge in [0.2, 0.25) is 11.9 Å². The third-order valence-corrected chi connectivity index (χ3v) is 7.13. The summed E-state index contributed by atoms with van der Waals surface area (Å²) < 4.78 is 34.4. The van der Waals surface area contributed by atoms with Crippen LogP contribution in [0.25, 0.3) is 11.1 Å². The maximum atomic E-state index is 13.2. The summed E-state index contributed by atoms with van der Waals surface area (Å²) in [7, 11) is -1.23. The number of benzene rings is 2. The molecule has 1 heterocycles. The monoisotopic (exact) mass is 439 g/mol. The number of aryl methyl sites for hydroxylation is 2. The molecule has 0 radical (unpaired) electrons. The first-order valence-corrected chi connectivity index (χ1v) is 11.8. The molecule has 0 spiro atoms. The van der Waals surface area contributed by atoms with Crippen LogP contribution in [0.5, 0.6) is 0 Å². The van der Waals surface area contributed by atoms with E-state index in [1.807, 2.05) is 43.3 Å². The second-order valence-electron chi connectivity index (χ2n) is 7.39. The molecule has 0 saturated carbocycles. The lowest BCUT2D eigenvalue weighted by Gasteiger charge is -2.17. The average molecular weight is 440 g/mol. The Morgan fingerprint density at radius 2 is 1.61 bits per heavy atom. The Labute approximate surface area is 182 Å². The maximum absolute atomic E-state index is 13.2. The first kappa shape index (κ1) is 22.6. The van der Waals surface area contributed by atoms with Crippen LogP contribution in [0.2, 0.25) is 0 Å². The second kappa shape index (κ2) is 9.39. The highest BCUT2D eigenvalue weighted by atomic mass is 32.2. The number of nitrogens with zero attached hydrogens (tertiary/aromatic N) is 2. The molecule has 0 saturated heterocycles. The Kier molecular flexibility index (Phi) is 6.85. The largest absolute Gasteiger partial charge is 0.316 e. The van der Waals surface area contributed by atoms with E-state index in [0.29, 0.717) is 23.4 Å². The van der Waals surface area contributed by atoms with Crippen LogP contribution in [0, 0.1) is 17.7 Å². The molecular weight excluding hydrogens is 413 g/mol. The zero-order valence-corrected chi connectivity index (χ0v) is 18.7. The summed E-state index contributed by atoms with van der Waals surface area (Å²) in [6, 6.07) is 17.7. The van der Waals surface area contributed by atoms with Crippen LogP contribution < -0.4 is 4.90 Å². The number of hydrogen-bond donors (Lipinski definition) is 1. The summed E-state index contributed by atoms with van der Waals surface area (Å²) in [5.74, 6) is -0.346. The highest BCUT2D eigenvalue weighted by Gasteiger charge is 2.13. The van der Waals surface area contributed by atoms with Crippen molar-refractivity contribution >= 4 is 21.3 Å². The van der Waals surface area contributed by atoms with Crippen LogP contribution in [-0.2, 0) is 20.9 Å². The predicted octanol–water partition coefficient (Wildman–Crippen LogP) is 5.22. The number of carbonyl (C=O) groups excluding carboxylic acids is 1. The zero-order valence-electron chi connectivity index (χ0n) is 17.9. The van der Waals surface area contributed by atoms with Crippen molar-refractivity contribution < 1.29 is 13.4 Å². The van der Waals surface area contributed by atoms with E-state index < -0.39 is 15.7 Å². The minimum atomic E-state index is -2.98. The van der Waals surface area contributed by atoms with Gasteiger partial charge < -0.3 is 4.90 Å². The predicted molar refractivity (Wildman–Crippen MR) is 122 cm³/mol. The molecule has 1 unspecified atom stereocenters. The molecule has 1 atom stereocenters. The summed E-state index contributed by atoms with van der Waals surface area (Å²) in [6.07, 6.45) is 0.845. The highest BCUT2D eigenvalue weighted by Crippen LogP contribution is 2.25. The summed E-state index contributed by atoms with van der Waals surface area (Å²) in [5.41, 5.74) is 4.09. The van der Waals surface area contributed by atoms with E-state index >= 15 is 0 Å². The van der Waals surface area contributed by atoms with Crippen LogP contribution in [0.4, 0.5) is 10.1 Å². The molecule has 7 heteroatoms. The number of halogens is 1. The average Bonchev–Trinajstić information content (AvgIpc) is 2.77. The van der Waals surface area contributed by atoms with Gasteiger partial charge in [-0.15, -0.1) is 0 Å². The van der Waals surface area contributed by atoms with Crippen molar-refractivity contribution in [3.05, 3.63) is 77.9 Å². The molecule has 1 aromatic heterocycles. The molecular formula is C24H26FN3O2S. The topological polar surface area (TPSA) is 74.1 Å². The van der Waals surface area contributed by atoms with Crippen molar-refractivity contribution in [1.82, 2.24) is 4.98 Å². The van der Waals surface area contributed by atoms with Gasteiger partial charge >= 0.3 is 0 Å². The number of pyridine rings is 1. The fourth-order valence-corrected chi connectivity index (χ4v) is 4.64. The standard InChI is InChI=1S/C24H26FN3O2S/c1-4-24(29)28(3)21-10-5-19(6-11-21)20-7-12-22(13-8-20)31(26,30)16-15-18-9-14-23(25)27-17(18)2/h5-14,26H,4,15-16H2,1-3H3. The minimum absolute atomic E-state index is 0.0499. The third kappa shape index (κ3) is 5.35. The van der Waals surface area contributed by atoms with E-state index in [1.54, 1.807) is 37.1 Å². The summed E-state index contributed by atoms with van der Waals surface area (Å²) >= 11 is 0. The number of anilines is 1. The van der Waals surface area contributed by atoms with E-state index in [1.165, 1.54) is 6.07 Å². The lowest BCUT2D eigenvalue weighted by Crippen LogP contribution is -2.24. The fourth-order valence-electron chi connectivity index (χ4n) is 3.32. The van der Waals surface area contributed by atoms with Crippen molar-refractivity contribution in [2.75, 3.05) is 17.7 Å². The molecule has 0 aliphatic carbocycles. The summed E-state index contributed by atoms with van der Waals surface area (Å²) in [6.45, 7) is 3.54. The molecule has 0 aliphatic heterocycles. The summed E-state index contributed by atoms with van der Waals surface area (Å²) in [4.78, 5) is 17.7. The van der Waals surface area contributed by atoms with Crippen molar-refractivity contribution in [1.29, 1.82) is 4.78 Å². The first-order chi connectivity index (χ1) is 14.7. The lowest BCUT2D eigenvalue weighted by atomic mass is 10.1. The summed E-state index contributed by atoms with van der Waals surface area (Å²) in [5, 5.41) is 0. The molecule has 0 bridgehead atoms. The van der Waals surface area contributed by atoms with Crippen LogP contribution in [-0.4, -0.2) is 27.9 Å². The van der Waals surface area contributed by atoms with Gasteiger partial charge in [-0.1, -0.05) is 37.3 Å². The van der Waals surface area contributed by atoms with Crippen LogP contribution in [0.1, 0.15) is 24.6 Å². The van der Waals surface area contributed by atoms with Crippen molar-refractivity contribution in [3.63, 3.8) is 0 Å². The van der Waals surface area contributed by atoms with Gasteiger partial charge in [-0.2, -0.15) is 4.39 Å². The molecule has 31 heavy (non-hydrogen) atoms. The first-order valence-electron chi connectivity index (χ1n) is 10.1. The molecule has 2 aromatic carbocycles. The number of carbonyl (C=O) groups is 1. The Morgan fingerprint density at radius 1 is 1.03 bits per heavy atom. The van der Waals surface area contributed by atoms with Gasteiger partial charge in [-0.25, -0.2) is 14.0 Å². The molecule has 0 aliphatic rings.